The molecule has 0 radical (unpaired) electrons. The number of hydrogen-bond acceptors (Lipinski definition) is 3. The number of hydrogen-bond donors (Lipinski definition) is 0. The van der Waals surface area contributed by atoms with Gasteiger partial charge in [-0.25, -0.2) is 0 Å². The van der Waals surface area contributed by atoms with E-state index >= 15 is 0 Å². The Morgan fingerprint density at radius 3 is 2.80 bits per heavy atom. The van der Waals surface area contributed by atoms with E-state index in [1.165, 1.54) is 10.3 Å². The summed E-state index contributed by atoms with van der Waals surface area (Å²) in [6, 6.07) is 8.31. The summed E-state index contributed by atoms with van der Waals surface area (Å²) in [5.74, 6) is 0.502. The first-order chi connectivity index (χ1) is 9.81. The van der Waals surface area contributed by atoms with E-state index in [1.54, 1.807) is 11.3 Å². The zero-order valence-electron chi connectivity index (χ0n) is 11.3. The Balaban J connectivity index is 2.05. The Morgan fingerprint density at radius 2 is 2.10 bits per heavy atom. The maximum atomic E-state index is 5.80. The summed E-state index contributed by atoms with van der Waals surface area (Å²) in [5, 5.41) is 0. The molecule has 3 aromatic heterocycles. The summed E-state index contributed by atoms with van der Waals surface area (Å²) in [6.45, 7) is 2.20. The van der Waals surface area contributed by atoms with E-state index in [2.05, 4.69) is 29.0 Å². The number of rotatable bonds is 4. The maximum absolute atomic E-state index is 5.80. The van der Waals surface area contributed by atoms with E-state index in [0.29, 0.717) is 5.88 Å². The van der Waals surface area contributed by atoms with Gasteiger partial charge in [0.1, 0.15) is 0 Å². The zero-order chi connectivity index (χ0) is 13.9. The summed E-state index contributed by atoms with van der Waals surface area (Å²) < 4.78 is 1.28. The molecule has 102 valence electrons. The van der Waals surface area contributed by atoms with Crippen LogP contribution in [0.2, 0.25) is 0 Å². The predicted octanol–water partition coefficient (Wildman–Crippen LogP) is 5.05. The predicted molar refractivity (Wildman–Crippen MR) is 86.4 cm³/mol. The number of thiophene rings is 1. The van der Waals surface area contributed by atoms with Crippen LogP contribution in [-0.2, 0) is 12.3 Å². The molecule has 3 heterocycles. The molecule has 0 atom stereocenters. The van der Waals surface area contributed by atoms with E-state index in [1.807, 2.05) is 24.5 Å². The molecular formula is C16H15ClN2S. The van der Waals surface area contributed by atoms with Crippen molar-refractivity contribution in [3.05, 3.63) is 47.8 Å². The Hall–Kier alpha value is -1.45. The third-order valence-electron chi connectivity index (χ3n) is 3.24. The van der Waals surface area contributed by atoms with Crippen molar-refractivity contribution in [2.75, 3.05) is 0 Å². The van der Waals surface area contributed by atoms with Crippen molar-refractivity contribution in [2.24, 2.45) is 0 Å². The highest BCUT2D eigenvalue weighted by Crippen LogP contribution is 2.33. The molecule has 3 aromatic rings. The number of pyridine rings is 2. The molecule has 0 aliphatic heterocycles. The third-order valence-corrected chi connectivity index (χ3v) is 4.78. The van der Waals surface area contributed by atoms with Crippen molar-refractivity contribution in [3.8, 4) is 10.6 Å². The quantitative estimate of drug-likeness (QED) is 0.630. The van der Waals surface area contributed by atoms with Crippen LogP contribution in [0.4, 0.5) is 0 Å². The van der Waals surface area contributed by atoms with Gasteiger partial charge in [0.15, 0.2) is 0 Å². The number of fused-ring (bicyclic) bond motifs is 1. The summed E-state index contributed by atoms with van der Waals surface area (Å²) in [4.78, 5) is 10.1. The third kappa shape index (κ3) is 2.56. The van der Waals surface area contributed by atoms with Crippen LogP contribution >= 0.6 is 22.9 Å². The van der Waals surface area contributed by atoms with Crippen molar-refractivity contribution in [3.63, 3.8) is 0 Å². The number of halogens is 1. The lowest BCUT2D eigenvalue weighted by atomic mass is 10.1. The summed E-state index contributed by atoms with van der Waals surface area (Å²) >= 11 is 7.57. The van der Waals surface area contributed by atoms with Gasteiger partial charge in [-0.15, -0.1) is 22.9 Å². The molecule has 0 aromatic carbocycles. The zero-order valence-corrected chi connectivity index (χ0v) is 12.8. The summed E-state index contributed by atoms with van der Waals surface area (Å²) in [7, 11) is 0. The van der Waals surface area contributed by atoms with E-state index in [0.717, 1.165) is 34.5 Å². The molecule has 0 spiro atoms. The Labute approximate surface area is 127 Å². The molecule has 0 saturated heterocycles. The second-order valence-electron chi connectivity index (χ2n) is 4.73. The Kier molecular flexibility index (Phi) is 3.99. The summed E-state index contributed by atoms with van der Waals surface area (Å²) in [6.07, 6.45) is 5.98. The first kappa shape index (κ1) is 13.5. The highest BCUT2D eigenvalue weighted by Gasteiger charge is 2.09. The van der Waals surface area contributed by atoms with Crippen LogP contribution in [-0.4, -0.2) is 9.97 Å². The highest BCUT2D eigenvalue weighted by molar-refractivity contribution is 7.22. The standard InChI is InChI=1S/C16H15ClN2S/c1-2-3-12-6-7-18-14-8-15(20-16(12)14)13-5-4-11(9-17)10-19-13/h4-8,10H,2-3,9H2,1H3. The van der Waals surface area contributed by atoms with Crippen LogP contribution < -0.4 is 0 Å². The smallest absolute Gasteiger partial charge is 0.0819 e. The van der Waals surface area contributed by atoms with Crippen LogP contribution in [0, 0.1) is 0 Å². The van der Waals surface area contributed by atoms with Crippen molar-refractivity contribution in [2.45, 2.75) is 25.6 Å². The molecule has 0 fully saturated rings. The van der Waals surface area contributed by atoms with Crippen LogP contribution in [0.25, 0.3) is 20.8 Å². The Morgan fingerprint density at radius 1 is 1.20 bits per heavy atom. The normalized spacial score (nSPS) is 11.1. The van der Waals surface area contributed by atoms with Crippen LogP contribution in [0.1, 0.15) is 24.5 Å². The molecular weight excluding hydrogens is 288 g/mol. The molecule has 0 bridgehead atoms. The monoisotopic (exact) mass is 302 g/mol. The largest absolute Gasteiger partial charge is 0.255 e. The van der Waals surface area contributed by atoms with Gasteiger partial charge in [0, 0.05) is 18.3 Å². The molecule has 0 aliphatic rings. The summed E-state index contributed by atoms with van der Waals surface area (Å²) in [5.41, 5.74) is 4.48. The van der Waals surface area contributed by atoms with E-state index in [-0.39, 0.29) is 0 Å². The van der Waals surface area contributed by atoms with Crippen molar-refractivity contribution in [1.82, 2.24) is 9.97 Å². The topological polar surface area (TPSA) is 25.8 Å². The molecule has 4 heteroatoms. The second-order valence-corrected chi connectivity index (χ2v) is 6.05. The maximum Gasteiger partial charge on any atom is 0.0819 e. The minimum atomic E-state index is 0.502. The SMILES string of the molecule is CCCc1ccnc2cc(-c3ccc(CCl)cn3)sc12. The first-order valence-corrected chi connectivity index (χ1v) is 8.05. The lowest BCUT2D eigenvalue weighted by molar-refractivity contribution is 0.929. The molecule has 0 amide bonds. The first-order valence-electron chi connectivity index (χ1n) is 6.70. The van der Waals surface area contributed by atoms with E-state index < -0.39 is 0 Å². The number of nitrogens with zero attached hydrogens (tertiary/aromatic N) is 2. The molecule has 0 aliphatic carbocycles. The van der Waals surface area contributed by atoms with Crippen LogP contribution in [0.15, 0.2) is 36.7 Å². The highest BCUT2D eigenvalue weighted by atomic mass is 35.5. The fourth-order valence-corrected chi connectivity index (χ4v) is 3.52. The second kappa shape index (κ2) is 5.90. The lowest BCUT2D eigenvalue weighted by Gasteiger charge is -1.99. The molecule has 2 nitrogen and oxygen atoms in total. The van der Waals surface area contributed by atoms with Gasteiger partial charge in [0.25, 0.3) is 0 Å². The minimum absolute atomic E-state index is 0.502. The van der Waals surface area contributed by atoms with Gasteiger partial charge in [0.2, 0.25) is 0 Å². The van der Waals surface area contributed by atoms with Crippen molar-refractivity contribution in [1.29, 1.82) is 0 Å². The number of aryl methyl sites for hydroxylation is 1. The number of alkyl halides is 1. The molecule has 0 unspecified atom stereocenters. The van der Waals surface area contributed by atoms with Gasteiger partial charge in [-0.05, 0) is 35.7 Å². The Bertz CT molecular complexity index is 719. The van der Waals surface area contributed by atoms with E-state index in [9.17, 15) is 0 Å². The van der Waals surface area contributed by atoms with Gasteiger partial charge in [-0.1, -0.05) is 19.4 Å². The van der Waals surface area contributed by atoms with Crippen molar-refractivity contribution < 1.29 is 0 Å². The van der Waals surface area contributed by atoms with Gasteiger partial charge >= 0.3 is 0 Å². The van der Waals surface area contributed by atoms with Gasteiger partial charge in [-0.2, -0.15) is 0 Å². The van der Waals surface area contributed by atoms with Crippen molar-refractivity contribution >= 4 is 33.2 Å². The van der Waals surface area contributed by atoms with Gasteiger partial charge in [0.05, 0.1) is 20.8 Å². The number of aromatic nitrogens is 2. The average Bonchev–Trinajstić information content (AvgIpc) is 2.93. The molecule has 20 heavy (non-hydrogen) atoms. The average molecular weight is 303 g/mol. The van der Waals surface area contributed by atoms with Crippen LogP contribution in [0.5, 0.6) is 0 Å². The minimum Gasteiger partial charge on any atom is -0.255 e. The molecule has 0 N–H and O–H groups in total. The van der Waals surface area contributed by atoms with Gasteiger partial charge in [-0.3, -0.25) is 9.97 Å². The fraction of sp³-hybridized carbons (Fsp3) is 0.250. The lowest BCUT2D eigenvalue weighted by Crippen LogP contribution is -1.83. The van der Waals surface area contributed by atoms with Gasteiger partial charge < -0.3 is 0 Å². The fourth-order valence-electron chi connectivity index (χ4n) is 2.23. The molecule has 0 saturated carbocycles. The molecule has 3 rings (SSSR count). The van der Waals surface area contributed by atoms with E-state index in [4.69, 9.17) is 11.6 Å². The van der Waals surface area contributed by atoms with Crippen LogP contribution in [0.3, 0.4) is 0 Å².